The highest BCUT2D eigenvalue weighted by Crippen LogP contribution is 2.21. The predicted octanol–water partition coefficient (Wildman–Crippen LogP) is 3.73. The Morgan fingerprint density at radius 1 is 1.19 bits per heavy atom. The Morgan fingerprint density at radius 3 is 2.52 bits per heavy atom. The largest absolute Gasteiger partial charge is 0.488 e. The van der Waals surface area contributed by atoms with Crippen molar-refractivity contribution >= 4 is 5.71 Å². The predicted molar refractivity (Wildman–Crippen MR) is 80.5 cm³/mol. The molecule has 4 nitrogen and oxygen atoms in total. The van der Waals surface area contributed by atoms with Crippen LogP contribution in [-0.4, -0.2) is 10.9 Å². The summed E-state index contributed by atoms with van der Waals surface area (Å²) in [6, 6.07) is 16.8. The van der Waals surface area contributed by atoms with E-state index in [1.54, 1.807) is 12.1 Å². The molecular weight excluding hydrogens is 264 g/mol. The van der Waals surface area contributed by atoms with Crippen LogP contribution in [0, 0.1) is 11.3 Å². The molecule has 0 spiro atoms. The van der Waals surface area contributed by atoms with E-state index in [2.05, 4.69) is 11.2 Å². The minimum atomic E-state index is 0.394. The first-order valence-corrected chi connectivity index (χ1v) is 6.70. The summed E-state index contributed by atoms with van der Waals surface area (Å²) in [4.78, 5) is 0. The number of ether oxygens (including phenoxy) is 1. The van der Waals surface area contributed by atoms with Crippen molar-refractivity contribution in [3.8, 4) is 11.8 Å². The molecule has 2 rings (SSSR count). The highest BCUT2D eigenvalue weighted by Gasteiger charge is 2.09. The molecule has 106 valence electrons. The van der Waals surface area contributed by atoms with E-state index >= 15 is 0 Å². The molecule has 2 aromatic rings. The van der Waals surface area contributed by atoms with Crippen LogP contribution in [0.1, 0.15) is 30.0 Å². The van der Waals surface area contributed by atoms with E-state index in [0.29, 0.717) is 30.1 Å². The number of hydrogen-bond acceptors (Lipinski definition) is 4. The van der Waals surface area contributed by atoms with Crippen LogP contribution in [0.25, 0.3) is 0 Å². The highest BCUT2D eigenvalue weighted by molar-refractivity contribution is 6.02. The van der Waals surface area contributed by atoms with Gasteiger partial charge in [-0.25, -0.2) is 0 Å². The van der Waals surface area contributed by atoms with Crippen molar-refractivity contribution in [2.75, 3.05) is 0 Å². The fraction of sp³-hybridized carbons (Fsp3) is 0.176. The summed E-state index contributed by atoms with van der Waals surface area (Å²) in [5, 5.41) is 21.1. The molecule has 1 N–H and O–H groups in total. The normalized spacial score (nSPS) is 11.0. The first-order chi connectivity index (χ1) is 10.3. The Hall–Kier alpha value is -2.80. The van der Waals surface area contributed by atoms with Crippen LogP contribution in [0.4, 0.5) is 0 Å². The molecule has 0 aliphatic carbocycles. The standard InChI is InChI=1S/C17H16N2O2/c1-2-16(19-20)15-5-3-4-6-17(15)21-12-14-9-7-13(11-18)8-10-14/h3-10,20H,2,12H2,1H3/b19-16+. The molecule has 0 aromatic heterocycles. The van der Waals surface area contributed by atoms with Gasteiger partial charge in [0, 0.05) is 5.56 Å². The van der Waals surface area contributed by atoms with Gasteiger partial charge in [-0.2, -0.15) is 5.26 Å². The van der Waals surface area contributed by atoms with Gasteiger partial charge in [0.1, 0.15) is 12.4 Å². The Bertz CT molecular complexity index is 670. The zero-order chi connectivity index (χ0) is 15.1. The lowest BCUT2D eigenvalue weighted by Crippen LogP contribution is -2.04. The second-order valence-corrected chi connectivity index (χ2v) is 4.49. The van der Waals surface area contributed by atoms with Gasteiger partial charge in [-0.15, -0.1) is 0 Å². The van der Waals surface area contributed by atoms with Crippen molar-refractivity contribution in [2.24, 2.45) is 5.16 Å². The summed E-state index contributed by atoms with van der Waals surface area (Å²) in [5.74, 6) is 0.677. The number of oxime groups is 1. The molecule has 0 heterocycles. The number of benzene rings is 2. The average Bonchev–Trinajstić information content (AvgIpc) is 2.55. The summed E-state index contributed by atoms with van der Waals surface area (Å²) in [7, 11) is 0. The summed E-state index contributed by atoms with van der Waals surface area (Å²) < 4.78 is 5.81. The number of nitrogens with zero attached hydrogens (tertiary/aromatic N) is 2. The minimum Gasteiger partial charge on any atom is -0.488 e. The molecule has 0 atom stereocenters. The van der Waals surface area contributed by atoms with E-state index in [-0.39, 0.29) is 0 Å². The van der Waals surface area contributed by atoms with Gasteiger partial charge in [-0.1, -0.05) is 36.3 Å². The fourth-order valence-electron chi connectivity index (χ4n) is 1.98. The lowest BCUT2D eigenvalue weighted by atomic mass is 10.1. The molecule has 0 fully saturated rings. The quantitative estimate of drug-likeness (QED) is 0.515. The summed E-state index contributed by atoms with van der Waals surface area (Å²) in [6.45, 7) is 2.32. The smallest absolute Gasteiger partial charge is 0.128 e. The second-order valence-electron chi connectivity index (χ2n) is 4.49. The Morgan fingerprint density at radius 2 is 1.90 bits per heavy atom. The van der Waals surface area contributed by atoms with Gasteiger partial charge in [-0.05, 0) is 36.2 Å². The van der Waals surface area contributed by atoms with Gasteiger partial charge in [0.2, 0.25) is 0 Å². The highest BCUT2D eigenvalue weighted by atomic mass is 16.5. The van der Waals surface area contributed by atoms with Crippen LogP contribution in [0.5, 0.6) is 5.75 Å². The maximum Gasteiger partial charge on any atom is 0.128 e. The topological polar surface area (TPSA) is 65.6 Å². The first-order valence-electron chi connectivity index (χ1n) is 6.70. The lowest BCUT2D eigenvalue weighted by Gasteiger charge is -2.11. The van der Waals surface area contributed by atoms with Crippen LogP contribution in [0.3, 0.4) is 0 Å². The molecule has 0 bridgehead atoms. The second kappa shape index (κ2) is 7.11. The maximum atomic E-state index is 9.05. The SMILES string of the molecule is CC/C(=N\O)c1ccccc1OCc1ccc(C#N)cc1. The molecule has 0 unspecified atom stereocenters. The third kappa shape index (κ3) is 3.61. The van der Waals surface area contributed by atoms with Gasteiger partial charge in [0.25, 0.3) is 0 Å². The van der Waals surface area contributed by atoms with Crippen molar-refractivity contribution in [3.63, 3.8) is 0 Å². The molecule has 0 amide bonds. The zero-order valence-electron chi connectivity index (χ0n) is 11.8. The summed E-state index contributed by atoms with van der Waals surface area (Å²) >= 11 is 0. The molecule has 0 saturated heterocycles. The Labute approximate surface area is 123 Å². The third-order valence-electron chi connectivity index (χ3n) is 3.13. The number of hydrogen-bond donors (Lipinski definition) is 1. The monoisotopic (exact) mass is 280 g/mol. The van der Waals surface area contributed by atoms with Gasteiger partial charge in [0.05, 0.1) is 17.3 Å². The van der Waals surface area contributed by atoms with E-state index in [4.69, 9.17) is 15.2 Å². The van der Waals surface area contributed by atoms with Crippen molar-refractivity contribution in [1.82, 2.24) is 0 Å². The number of para-hydroxylation sites is 1. The number of rotatable bonds is 5. The minimum absolute atomic E-state index is 0.394. The molecule has 0 saturated carbocycles. The van der Waals surface area contributed by atoms with Gasteiger partial charge in [0.15, 0.2) is 0 Å². The van der Waals surface area contributed by atoms with E-state index in [9.17, 15) is 0 Å². The van der Waals surface area contributed by atoms with Crippen LogP contribution in [0.2, 0.25) is 0 Å². The zero-order valence-corrected chi connectivity index (χ0v) is 11.8. The van der Waals surface area contributed by atoms with Gasteiger partial charge < -0.3 is 9.94 Å². The van der Waals surface area contributed by atoms with E-state index in [1.807, 2.05) is 43.3 Å². The van der Waals surface area contributed by atoms with Crippen LogP contribution >= 0.6 is 0 Å². The fourth-order valence-corrected chi connectivity index (χ4v) is 1.98. The average molecular weight is 280 g/mol. The van der Waals surface area contributed by atoms with Gasteiger partial charge in [-0.3, -0.25) is 0 Å². The maximum absolute atomic E-state index is 9.05. The molecule has 4 heteroatoms. The Kier molecular flexibility index (Phi) is 4.94. The summed E-state index contributed by atoms with van der Waals surface area (Å²) in [6.07, 6.45) is 0.619. The van der Waals surface area contributed by atoms with Crippen LogP contribution in [-0.2, 0) is 6.61 Å². The molecular formula is C17H16N2O2. The third-order valence-corrected chi connectivity index (χ3v) is 3.13. The van der Waals surface area contributed by atoms with Crippen molar-refractivity contribution in [3.05, 3.63) is 65.2 Å². The van der Waals surface area contributed by atoms with Crippen molar-refractivity contribution in [1.29, 1.82) is 5.26 Å². The molecule has 2 aromatic carbocycles. The van der Waals surface area contributed by atoms with Crippen LogP contribution in [0.15, 0.2) is 53.7 Å². The molecule has 0 radical (unpaired) electrons. The van der Waals surface area contributed by atoms with Gasteiger partial charge >= 0.3 is 0 Å². The molecule has 0 aliphatic heterocycles. The van der Waals surface area contributed by atoms with E-state index in [1.165, 1.54) is 0 Å². The molecule has 0 aliphatic rings. The lowest BCUT2D eigenvalue weighted by molar-refractivity contribution is 0.303. The van der Waals surface area contributed by atoms with Crippen molar-refractivity contribution < 1.29 is 9.94 Å². The van der Waals surface area contributed by atoms with E-state index in [0.717, 1.165) is 11.1 Å². The molecule has 21 heavy (non-hydrogen) atoms. The first kappa shape index (κ1) is 14.6. The number of nitriles is 1. The summed E-state index contributed by atoms with van der Waals surface area (Å²) in [5.41, 5.74) is 2.98. The van der Waals surface area contributed by atoms with E-state index < -0.39 is 0 Å². The Balaban J connectivity index is 2.14. The van der Waals surface area contributed by atoms with Crippen molar-refractivity contribution in [2.45, 2.75) is 20.0 Å². The van der Waals surface area contributed by atoms with Crippen LogP contribution < -0.4 is 4.74 Å².